The molecule has 156 valence electrons. The lowest BCUT2D eigenvalue weighted by Gasteiger charge is -2.06. The Hall–Kier alpha value is -4.44. The zero-order chi connectivity index (χ0) is 21.9. The molecule has 0 saturated carbocycles. The first-order chi connectivity index (χ1) is 16.3. The van der Waals surface area contributed by atoms with E-state index in [9.17, 15) is 0 Å². The number of fused-ring (bicyclic) bond motifs is 6. The van der Waals surface area contributed by atoms with Gasteiger partial charge in [-0.15, -0.1) is 10.2 Å². The molecule has 0 radical (unpaired) electrons. The predicted molar refractivity (Wildman–Crippen MR) is 133 cm³/mol. The van der Waals surface area contributed by atoms with Gasteiger partial charge in [0.15, 0.2) is 11.5 Å². The summed E-state index contributed by atoms with van der Waals surface area (Å²) in [6, 6.07) is 31.5. The van der Waals surface area contributed by atoms with E-state index < -0.39 is 0 Å². The molecule has 0 unspecified atom stereocenters. The lowest BCUT2D eigenvalue weighted by Crippen LogP contribution is -1.90. The first-order valence-corrected chi connectivity index (χ1v) is 11.0. The molecule has 0 aliphatic heterocycles. The molecule has 0 saturated heterocycles. The van der Waals surface area contributed by atoms with Crippen molar-refractivity contribution in [2.75, 3.05) is 0 Å². The van der Waals surface area contributed by atoms with Gasteiger partial charge in [-0.3, -0.25) is 4.40 Å². The van der Waals surface area contributed by atoms with Crippen molar-refractivity contribution < 1.29 is 4.42 Å². The highest BCUT2D eigenvalue weighted by molar-refractivity contribution is 6.10. The molecule has 0 N–H and O–H groups in total. The number of benzene rings is 4. The molecule has 4 nitrogen and oxygen atoms in total. The lowest BCUT2D eigenvalue weighted by atomic mass is 10.0. The Labute approximate surface area is 189 Å². The molecule has 0 atom stereocenters. The topological polar surface area (TPSA) is 43.3 Å². The number of rotatable bonds is 2. The van der Waals surface area contributed by atoms with Gasteiger partial charge in [0.2, 0.25) is 0 Å². The number of hydrogen-bond donors (Lipinski definition) is 0. The van der Waals surface area contributed by atoms with Gasteiger partial charge in [0.05, 0.1) is 0 Å². The molecule has 0 spiro atoms. The third kappa shape index (κ3) is 2.64. The van der Waals surface area contributed by atoms with Crippen LogP contribution in [0.25, 0.3) is 60.9 Å². The smallest absolute Gasteiger partial charge is 0.168 e. The molecular weight excluding hydrogens is 406 g/mol. The second kappa shape index (κ2) is 6.78. The molecule has 0 bridgehead atoms. The molecule has 3 heterocycles. The summed E-state index contributed by atoms with van der Waals surface area (Å²) in [5.74, 6) is 0.833. The van der Waals surface area contributed by atoms with Gasteiger partial charge in [0.25, 0.3) is 0 Å². The standard InChI is InChI=1S/C29H19N3O/c1-18-6-4-10-24-25-11-5-9-22(27(25)33-26(18)24)20-12-14-21(15-13-20)28-30-31-29-23-8-3-2-7-19(23)16-17-32(28)29/h2-17H,1H3. The minimum Gasteiger partial charge on any atom is -0.455 e. The fraction of sp³-hybridized carbons (Fsp3) is 0.0345. The first kappa shape index (κ1) is 18.2. The predicted octanol–water partition coefficient (Wildman–Crippen LogP) is 7.42. The Kier molecular flexibility index (Phi) is 3.73. The summed E-state index contributed by atoms with van der Waals surface area (Å²) in [5.41, 5.74) is 7.12. The molecule has 4 aromatic carbocycles. The third-order valence-corrected chi connectivity index (χ3v) is 6.48. The minimum atomic E-state index is 0.833. The summed E-state index contributed by atoms with van der Waals surface area (Å²) in [5, 5.41) is 13.5. The van der Waals surface area contributed by atoms with E-state index in [1.165, 1.54) is 0 Å². The average Bonchev–Trinajstić information content (AvgIpc) is 3.47. The number of para-hydroxylation sites is 2. The first-order valence-electron chi connectivity index (χ1n) is 11.0. The van der Waals surface area contributed by atoms with Crippen molar-refractivity contribution >= 4 is 38.4 Å². The SMILES string of the molecule is Cc1cccc2c1oc1c(-c3ccc(-c4nnc5c6ccccc6ccn45)cc3)cccc12. The van der Waals surface area contributed by atoms with Crippen LogP contribution in [-0.4, -0.2) is 14.6 Å². The van der Waals surface area contributed by atoms with E-state index in [1.54, 1.807) is 0 Å². The van der Waals surface area contributed by atoms with E-state index in [0.717, 1.165) is 66.4 Å². The van der Waals surface area contributed by atoms with Crippen LogP contribution in [0.15, 0.2) is 102 Å². The van der Waals surface area contributed by atoms with Gasteiger partial charge in [-0.25, -0.2) is 0 Å². The van der Waals surface area contributed by atoms with Crippen molar-refractivity contribution in [3.8, 4) is 22.5 Å². The van der Waals surface area contributed by atoms with Gasteiger partial charge in [-0.2, -0.15) is 0 Å². The molecule has 0 aliphatic carbocycles. The van der Waals surface area contributed by atoms with Gasteiger partial charge in [0, 0.05) is 33.5 Å². The number of furan rings is 1. The van der Waals surface area contributed by atoms with E-state index in [-0.39, 0.29) is 0 Å². The highest BCUT2D eigenvalue weighted by Crippen LogP contribution is 2.37. The largest absolute Gasteiger partial charge is 0.455 e. The fourth-order valence-electron chi connectivity index (χ4n) is 4.80. The van der Waals surface area contributed by atoms with Gasteiger partial charge in [-0.1, -0.05) is 84.9 Å². The normalized spacial score (nSPS) is 11.8. The van der Waals surface area contributed by atoms with Crippen LogP contribution in [0.5, 0.6) is 0 Å². The zero-order valence-electron chi connectivity index (χ0n) is 18.0. The molecule has 0 amide bonds. The second-order valence-corrected chi connectivity index (χ2v) is 8.43. The van der Waals surface area contributed by atoms with Crippen LogP contribution in [0.3, 0.4) is 0 Å². The van der Waals surface area contributed by atoms with Gasteiger partial charge < -0.3 is 4.42 Å². The summed E-state index contributed by atoms with van der Waals surface area (Å²) in [6.07, 6.45) is 2.04. The fourth-order valence-corrected chi connectivity index (χ4v) is 4.80. The summed E-state index contributed by atoms with van der Waals surface area (Å²) in [7, 11) is 0. The number of aryl methyl sites for hydroxylation is 1. The van der Waals surface area contributed by atoms with Crippen molar-refractivity contribution in [3.63, 3.8) is 0 Å². The van der Waals surface area contributed by atoms with Gasteiger partial charge in [-0.05, 0) is 29.5 Å². The van der Waals surface area contributed by atoms with Crippen LogP contribution < -0.4 is 0 Å². The van der Waals surface area contributed by atoms with E-state index in [0.29, 0.717) is 0 Å². The molecule has 3 aromatic heterocycles. The van der Waals surface area contributed by atoms with E-state index in [4.69, 9.17) is 4.42 Å². The third-order valence-electron chi connectivity index (χ3n) is 6.48. The van der Waals surface area contributed by atoms with Crippen molar-refractivity contribution in [1.29, 1.82) is 0 Å². The Morgan fingerprint density at radius 1 is 0.636 bits per heavy atom. The zero-order valence-corrected chi connectivity index (χ0v) is 18.0. The quantitative estimate of drug-likeness (QED) is 0.289. The number of pyridine rings is 1. The number of nitrogens with zero attached hydrogens (tertiary/aromatic N) is 3. The van der Waals surface area contributed by atoms with Crippen LogP contribution in [-0.2, 0) is 0 Å². The highest BCUT2D eigenvalue weighted by atomic mass is 16.3. The molecular formula is C29H19N3O. The minimum absolute atomic E-state index is 0.833. The lowest BCUT2D eigenvalue weighted by molar-refractivity contribution is 0.667. The molecule has 4 heteroatoms. The second-order valence-electron chi connectivity index (χ2n) is 8.43. The summed E-state index contributed by atoms with van der Waals surface area (Å²) in [6.45, 7) is 2.09. The van der Waals surface area contributed by atoms with E-state index >= 15 is 0 Å². The molecule has 0 fully saturated rings. The summed E-state index contributed by atoms with van der Waals surface area (Å²) in [4.78, 5) is 0. The maximum absolute atomic E-state index is 6.34. The van der Waals surface area contributed by atoms with Crippen molar-refractivity contribution in [2.24, 2.45) is 0 Å². The van der Waals surface area contributed by atoms with Crippen LogP contribution in [0.1, 0.15) is 5.56 Å². The van der Waals surface area contributed by atoms with Crippen LogP contribution in [0, 0.1) is 6.92 Å². The maximum Gasteiger partial charge on any atom is 0.168 e. The van der Waals surface area contributed by atoms with Gasteiger partial charge in [0.1, 0.15) is 11.2 Å². The Morgan fingerprint density at radius 2 is 1.36 bits per heavy atom. The van der Waals surface area contributed by atoms with Crippen molar-refractivity contribution in [2.45, 2.75) is 6.92 Å². The van der Waals surface area contributed by atoms with Crippen LogP contribution in [0.2, 0.25) is 0 Å². The van der Waals surface area contributed by atoms with Gasteiger partial charge >= 0.3 is 0 Å². The van der Waals surface area contributed by atoms with E-state index in [1.807, 2.05) is 18.3 Å². The summed E-state index contributed by atoms with van der Waals surface area (Å²) < 4.78 is 8.40. The van der Waals surface area contributed by atoms with Crippen LogP contribution >= 0.6 is 0 Å². The highest BCUT2D eigenvalue weighted by Gasteiger charge is 2.14. The number of aromatic nitrogens is 3. The molecule has 0 aliphatic rings. The average molecular weight is 425 g/mol. The number of hydrogen-bond acceptors (Lipinski definition) is 3. The Balaban J connectivity index is 1.36. The Bertz CT molecular complexity index is 1820. The summed E-state index contributed by atoms with van der Waals surface area (Å²) >= 11 is 0. The Morgan fingerprint density at radius 3 is 2.24 bits per heavy atom. The monoisotopic (exact) mass is 425 g/mol. The van der Waals surface area contributed by atoms with Crippen molar-refractivity contribution in [1.82, 2.24) is 14.6 Å². The molecule has 7 aromatic rings. The maximum atomic E-state index is 6.34. The van der Waals surface area contributed by atoms with Crippen LogP contribution in [0.4, 0.5) is 0 Å². The molecule has 33 heavy (non-hydrogen) atoms. The van der Waals surface area contributed by atoms with E-state index in [2.05, 4.69) is 100 Å². The van der Waals surface area contributed by atoms with Crippen molar-refractivity contribution in [3.05, 3.63) is 103 Å². The molecule has 7 rings (SSSR count).